The molecule has 5 heteroatoms. The van der Waals surface area contributed by atoms with E-state index in [0.717, 1.165) is 44.9 Å². The third kappa shape index (κ3) is 3.84. The van der Waals surface area contributed by atoms with Gasteiger partial charge < -0.3 is 10.1 Å². The number of aryl methyl sites for hydroxylation is 1. The average molecular weight is 349 g/mol. The monoisotopic (exact) mass is 348 g/mol. The summed E-state index contributed by atoms with van der Waals surface area (Å²) in [5.74, 6) is 1.51. The molecular formula is C19H28N2O2S. The Balaban J connectivity index is 1.31. The van der Waals surface area contributed by atoms with Crippen molar-refractivity contribution in [2.75, 3.05) is 26.2 Å². The number of thiophene rings is 1. The lowest BCUT2D eigenvalue weighted by Crippen LogP contribution is -2.50. The van der Waals surface area contributed by atoms with E-state index in [1.165, 1.54) is 23.3 Å². The normalized spacial score (nSPS) is 30.8. The largest absolute Gasteiger partial charge is 0.377 e. The number of amides is 1. The molecule has 3 heterocycles. The van der Waals surface area contributed by atoms with Crippen molar-refractivity contribution in [2.45, 2.75) is 45.3 Å². The second-order valence-electron chi connectivity index (χ2n) is 7.80. The first-order valence-electron chi connectivity index (χ1n) is 9.33. The summed E-state index contributed by atoms with van der Waals surface area (Å²) in [5, 5.41) is 5.32. The summed E-state index contributed by atoms with van der Waals surface area (Å²) in [4.78, 5) is 16.4. The van der Waals surface area contributed by atoms with Crippen LogP contribution in [0.25, 0.3) is 0 Å². The molecule has 0 spiro atoms. The number of rotatable bonds is 5. The number of fused-ring (bicyclic) bond motifs is 1. The van der Waals surface area contributed by atoms with Crippen molar-refractivity contribution in [2.24, 2.45) is 17.8 Å². The van der Waals surface area contributed by atoms with Gasteiger partial charge in [0, 0.05) is 31.1 Å². The number of hydrogen-bond acceptors (Lipinski definition) is 4. The van der Waals surface area contributed by atoms with Crippen molar-refractivity contribution < 1.29 is 9.53 Å². The van der Waals surface area contributed by atoms with Gasteiger partial charge in [-0.3, -0.25) is 9.69 Å². The number of carbonyl (C=O) groups excluding carboxylic acids is 1. The van der Waals surface area contributed by atoms with Gasteiger partial charge in [0.05, 0.1) is 18.6 Å². The minimum Gasteiger partial charge on any atom is -0.377 e. The highest BCUT2D eigenvalue weighted by atomic mass is 32.1. The zero-order valence-electron chi connectivity index (χ0n) is 14.5. The highest BCUT2D eigenvalue weighted by molar-refractivity contribution is 7.10. The van der Waals surface area contributed by atoms with E-state index in [4.69, 9.17) is 4.74 Å². The predicted molar refractivity (Wildman–Crippen MR) is 96.0 cm³/mol. The first-order chi connectivity index (χ1) is 11.7. The molecule has 0 radical (unpaired) electrons. The minimum atomic E-state index is 0.0495. The number of hydrogen-bond donors (Lipinski definition) is 1. The highest BCUT2D eigenvalue weighted by Crippen LogP contribution is 2.33. The van der Waals surface area contributed by atoms with E-state index in [9.17, 15) is 4.79 Å². The lowest BCUT2D eigenvalue weighted by molar-refractivity contribution is -0.139. The SMILES string of the molecule is Cc1ccsc1CN1CC[C@H]2OC[C@@H](C(=O)NCC3CC3)C[C@H]2C1. The molecule has 1 aromatic heterocycles. The van der Waals surface area contributed by atoms with Crippen LogP contribution in [0, 0.1) is 24.7 Å². The molecule has 3 aliphatic rings. The molecule has 0 bridgehead atoms. The Hall–Kier alpha value is -0.910. The van der Waals surface area contributed by atoms with Crippen LogP contribution in [0.15, 0.2) is 11.4 Å². The molecule has 3 fully saturated rings. The molecule has 132 valence electrons. The standard InChI is InChI=1S/C19H28N2O2S/c1-13-5-7-24-18(13)11-21-6-4-17-15(10-21)8-16(12-23-17)19(22)20-9-14-2-3-14/h5,7,14-17H,2-4,6,8-12H2,1H3,(H,20,22)/t15-,16-,17+/m0/s1. The topological polar surface area (TPSA) is 41.6 Å². The van der Waals surface area contributed by atoms with Gasteiger partial charge in [0.15, 0.2) is 0 Å². The first kappa shape index (κ1) is 16.6. The van der Waals surface area contributed by atoms with E-state index in [0.29, 0.717) is 18.6 Å². The maximum absolute atomic E-state index is 12.4. The van der Waals surface area contributed by atoms with Crippen molar-refractivity contribution in [3.8, 4) is 0 Å². The molecule has 1 N–H and O–H groups in total. The van der Waals surface area contributed by atoms with Gasteiger partial charge in [0.1, 0.15) is 0 Å². The van der Waals surface area contributed by atoms with Crippen molar-refractivity contribution in [1.29, 1.82) is 0 Å². The fourth-order valence-electron chi connectivity index (χ4n) is 4.01. The second kappa shape index (κ2) is 7.14. The van der Waals surface area contributed by atoms with E-state index in [1.807, 2.05) is 11.3 Å². The van der Waals surface area contributed by atoms with Crippen molar-refractivity contribution in [3.63, 3.8) is 0 Å². The van der Waals surface area contributed by atoms with Gasteiger partial charge in [-0.1, -0.05) is 0 Å². The van der Waals surface area contributed by atoms with Crippen LogP contribution in [-0.4, -0.2) is 43.2 Å². The summed E-state index contributed by atoms with van der Waals surface area (Å²) in [6.07, 6.45) is 5.01. The van der Waals surface area contributed by atoms with Gasteiger partial charge in [0.2, 0.25) is 5.91 Å². The third-order valence-electron chi connectivity index (χ3n) is 5.82. The number of piperidine rings is 1. The summed E-state index contributed by atoms with van der Waals surface area (Å²) >= 11 is 1.86. The molecule has 1 amide bonds. The van der Waals surface area contributed by atoms with E-state index in [2.05, 4.69) is 28.6 Å². The van der Waals surface area contributed by atoms with Gasteiger partial charge in [-0.15, -0.1) is 11.3 Å². The summed E-state index contributed by atoms with van der Waals surface area (Å²) in [5.41, 5.74) is 1.40. The fourth-order valence-corrected chi connectivity index (χ4v) is 4.96. The van der Waals surface area contributed by atoms with Crippen LogP contribution in [0.3, 0.4) is 0 Å². The minimum absolute atomic E-state index is 0.0495. The molecule has 1 aromatic rings. The zero-order chi connectivity index (χ0) is 16.5. The number of nitrogens with one attached hydrogen (secondary N) is 1. The van der Waals surface area contributed by atoms with Crippen LogP contribution >= 0.6 is 11.3 Å². The number of ether oxygens (including phenoxy) is 1. The van der Waals surface area contributed by atoms with Crippen LogP contribution in [0.5, 0.6) is 0 Å². The van der Waals surface area contributed by atoms with E-state index in [1.54, 1.807) is 0 Å². The summed E-state index contributed by atoms with van der Waals surface area (Å²) < 4.78 is 6.06. The molecular weight excluding hydrogens is 320 g/mol. The Morgan fingerprint density at radius 2 is 2.29 bits per heavy atom. The molecule has 24 heavy (non-hydrogen) atoms. The fraction of sp³-hybridized carbons (Fsp3) is 0.737. The Labute approximate surface area is 148 Å². The Kier molecular flexibility index (Phi) is 4.93. The number of nitrogens with zero attached hydrogens (tertiary/aromatic N) is 1. The van der Waals surface area contributed by atoms with E-state index >= 15 is 0 Å². The quantitative estimate of drug-likeness (QED) is 0.890. The van der Waals surface area contributed by atoms with Gasteiger partial charge in [-0.05, 0) is 61.5 Å². The smallest absolute Gasteiger partial charge is 0.225 e. The maximum atomic E-state index is 12.4. The van der Waals surface area contributed by atoms with Crippen molar-refractivity contribution in [1.82, 2.24) is 10.2 Å². The molecule has 1 saturated carbocycles. The Morgan fingerprint density at radius 1 is 1.42 bits per heavy atom. The number of likely N-dealkylation sites (tertiary alicyclic amines) is 1. The summed E-state index contributed by atoms with van der Waals surface area (Å²) in [6.45, 7) is 6.90. The molecule has 1 aliphatic carbocycles. The molecule has 0 unspecified atom stereocenters. The van der Waals surface area contributed by atoms with E-state index in [-0.39, 0.29) is 11.8 Å². The molecule has 4 nitrogen and oxygen atoms in total. The maximum Gasteiger partial charge on any atom is 0.225 e. The van der Waals surface area contributed by atoms with Crippen LogP contribution in [-0.2, 0) is 16.1 Å². The second-order valence-corrected chi connectivity index (χ2v) is 8.80. The molecule has 4 rings (SSSR count). The number of carbonyl (C=O) groups is 1. The van der Waals surface area contributed by atoms with Gasteiger partial charge in [0.25, 0.3) is 0 Å². The molecule has 3 atom stereocenters. The van der Waals surface area contributed by atoms with E-state index < -0.39 is 0 Å². The molecule has 0 aromatic carbocycles. The summed E-state index contributed by atoms with van der Waals surface area (Å²) in [6, 6.07) is 2.21. The summed E-state index contributed by atoms with van der Waals surface area (Å²) in [7, 11) is 0. The highest BCUT2D eigenvalue weighted by Gasteiger charge is 2.38. The third-order valence-corrected chi connectivity index (χ3v) is 6.82. The lowest BCUT2D eigenvalue weighted by atomic mass is 9.83. The van der Waals surface area contributed by atoms with Gasteiger partial charge in [-0.25, -0.2) is 0 Å². The molecule has 2 saturated heterocycles. The van der Waals surface area contributed by atoms with Crippen molar-refractivity contribution in [3.05, 3.63) is 21.9 Å². The van der Waals surface area contributed by atoms with Crippen LogP contribution in [0.2, 0.25) is 0 Å². The van der Waals surface area contributed by atoms with Gasteiger partial charge >= 0.3 is 0 Å². The van der Waals surface area contributed by atoms with Crippen LogP contribution in [0.1, 0.15) is 36.1 Å². The van der Waals surface area contributed by atoms with Crippen LogP contribution < -0.4 is 5.32 Å². The van der Waals surface area contributed by atoms with Crippen LogP contribution in [0.4, 0.5) is 0 Å². The van der Waals surface area contributed by atoms with Crippen molar-refractivity contribution >= 4 is 17.2 Å². The predicted octanol–water partition coefficient (Wildman–Crippen LogP) is 2.81. The van der Waals surface area contributed by atoms with Gasteiger partial charge in [-0.2, -0.15) is 0 Å². The Bertz CT molecular complexity index is 584. The first-order valence-corrected chi connectivity index (χ1v) is 10.2. The average Bonchev–Trinajstić information content (AvgIpc) is 3.35. The Morgan fingerprint density at radius 3 is 3.04 bits per heavy atom. The zero-order valence-corrected chi connectivity index (χ0v) is 15.3. The lowest BCUT2D eigenvalue weighted by Gasteiger charge is -2.43. The molecule has 2 aliphatic heterocycles.